The molecule has 1 aromatic rings. The molecule has 2 nitrogen and oxygen atoms in total. The Hall–Kier alpha value is -1.31. The molecule has 1 aromatic carbocycles. The average molecular weight is 273 g/mol. The zero-order valence-electron chi connectivity index (χ0n) is 13.0. The van der Waals surface area contributed by atoms with Crippen LogP contribution in [0.1, 0.15) is 63.5 Å². The van der Waals surface area contributed by atoms with Gasteiger partial charge < -0.3 is 5.32 Å². The molecule has 1 amide bonds. The lowest BCUT2D eigenvalue weighted by atomic mass is 9.96. The van der Waals surface area contributed by atoms with E-state index in [-0.39, 0.29) is 11.8 Å². The standard InChI is InChI=1S/C18H27NO/c1-13(2)12-15-8-10-16(11-9-15)14(3)18(20)19-17-6-4-5-7-17/h8-11,13-14,17H,4-7,12H2,1-3H3,(H,19,20). The molecular formula is C18H27NO. The molecule has 20 heavy (non-hydrogen) atoms. The smallest absolute Gasteiger partial charge is 0.227 e. The van der Waals surface area contributed by atoms with E-state index in [0.717, 1.165) is 24.8 Å². The summed E-state index contributed by atoms with van der Waals surface area (Å²) in [6.45, 7) is 6.46. The fraction of sp³-hybridized carbons (Fsp3) is 0.611. The van der Waals surface area contributed by atoms with Crippen LogP contribution in [0, 0.1) is 5.92 Å². The second-order valence-corrected chi connectivity index (χ2v) is 6.55. The van der Waals surface area contributed by atoms with Gasteiger partial charge in [-0.3, -0.25) is 4.79 Å². The van der Waals surface area contributed by atoms with E-state index in [1.54, 1.807) is 0 Å². The first kappa shape index (κ1) is 15.1. The number of amides is 1. The van der Waals surface area contributed by atoms with Crippen molar-refractivity contribution in [2.75, 3.05) is 0 Å². The highest BCUT2D eigenvalue weighted by Gasteiger charge is 2.21. The molecule has 1 fully saturated rings. The summed E-state index contributed by atoms with van der Waals surface area (Å²) < 4.78 is 0. The Kier molecular flexibility index (Phi) is 5.22. The van der Waals surface area contributed by atoms with E-state index in [9.17, 15) is 4.79 Å². The molecule has 1 N–H and O–H groups in total. The van der Waals surface area contributed by atoms with Gasteiger partial charge in [0.25, 0.3) is 0 Å². The fourth-order valence-electron chi connectivity index (χ4n) is 2.96. The van der Waals surface area contributed by atoms with E-state index in [4.69, 9.17) is 0 Å². The maximum atomic E-state index is 12.3. The van der Waals surface area contributed by atoms with E-state index >= 15 is 0 Å². The molecule has 2 rings (SSSR count). The Labute approximate surface area is 123 Å². The zero-order valence-corrected chi connectivity index (χ0v) is 13.0. The largest absolute Gasteiger partial charge is 0.353 e. The van der Waals surface area contributed by atoms with Crippen molar-refractivity contribution in [2.24, 2.45) is 5.92 Å². The third-order valence-corrected chi connectivity index (χ3v) is 4.22. The number of rotatable bonds is 5. The van der Waals surface area contributed by atoms with Crippen LogP contribution < -0.4 is 5.32 Å². The van der Waals surface area contributed by atoms with Gasteiger partial charge in [-0.05, 0) is 43.2 Å². The second-order valence-electron chi connectivity index (χ2n) is 6.55. The number of nitrogens with one attached hydrogen (secondary N) is 1. The minimum atomic E-state index is -0.0521. The maximum Gasteiger partial charge on any atom is 0.227 e. The lowest BCUT2D eigenvalue weighted by Gasteiger charge is -2.17. The molecular weight excluding hydrogens is 246 g/mol. The second kappa shape index (κ2) is 6.92. The molecule has 1 aliphatic carbocycles. The Bertz CT molecular complexity index is 429. The van der Waals surface area contributed by atoms with Gasteiger partial charge in [0.1, 0.15) is 0 Å². The molecule has 0 spiro atoms. The number of benzene rings is 1. The van der Waals surface area contributed by atoms with Crippen molar-refractivity contribution in [3.05, 3.63) is 35.4 Å². The van der Waals surface area contributed by atoms with Gasteiger partial charge in [-0.1, -0.05) is 51.0 Å². The van der Waals surface area contributed by atoms with Crippen LogP contribution in [0.2, 0.25) is 0 Å². The first-order valence-electron chi connectivity index (χ1n) is 7.95. The van der Waals surface area contributed by atoms with E-state index in [1.165, 1.54) is 18.4 Å². The van der Waals surface area contributed by atoms with E-state index in [1.807, 2.05) is 6.92 Å². The summed E-state index contributed by atoms with van der Waals surface area (Å²) in [6, 6.07) is 8.95. The minimum Gasteiger partial charge on any atom is -0.353 e. The summed E-state index contributed by atoms with van der Waals surface area (Å²) in [7, 11) is 0. The molecule has 0 bridgehead atoms. The number of carbonyl (C=O) groups is 1. The van der Waals surface area contributed by atoms with Crippen LogP contribution in [0.25, 0.3) is 0 Å². The molecule has 0 saturated heterocycles. The Morgan fingerprint density at radius 2 is 1.75 bits per heavy atom. The van der Waals surface area contributed by atoms with Gasteiger partial charge in [0.15, 0.2) is 0 Å². The van der Waals surface area contributed by atoms with Gasteiger partial charge in [-0.25, -0.2) is 0 Å². The van der Waals surface area contributed by atoms with E-state index in [0.29, 0.717) is 12.0 Å². The zero-order chi connectivity index (χ0) is 14.5. The summed E-state index contributed by atoms with van der Waals surface area (Å²) in [5.74, 6) is 0.793. The van der Waals surface area contributed by atoms with Crippen LogP contribution in [0.3, 0.4) is 0 Å². The highest BCUT2D eigenvalue weighted by atomic mass is 16.1. The van der Waals surface area contributed by atoms with Crippen molar-refractivity contribution < 1.29 is 4.79 Å². The molecule has 1 aliphatic rings. The highest BCUT2D eigenvalue weighted by molar-refractivity contribution is 5.83. The summed E-state index contributed by atoms with van der Waals surface area (Å²) in [5, 5.41) is 3.18. The van der Waals surface area contributed by atoms with Crippen LogP contribution in [0.15, 0.2) is 24.3 Å². The molecule has 0 aliphatic heterocycles. The summed E-state index contributed by atoms with van der Waals surface area (Å²) in [4.78, 5) is 12.3. The van der Waals surface area contributed by atoms with Gasteiger partial charge in [0.2, 0.25) is 5.91 Å². The van der Waals surface area contributed by atoms with Gasteiger partial charge in [0.05, 0.1) is 5.92 Å². The lowest BCUT2D eigenvalue weighted by molar-refractivity contribution is -0.122. The number of hydrogen-bond donors (Lipinski definition) is 1. The molecule has 0 heterocycles. The molecule has 1 unspecified atom stereocenters. The molecule has 110 valence electrons. The summed E-state index contributed by atoms with van der Waals surface area (Å²) in [6.07, 6.45) is 5.90. The molecule has 2 heteroatoms. The summed E-state index contributed by atoms with van der Waals surface area (Å²) in [5.41, 5.74) is 2.47. The molecule has 1 atom stereocenters. The van der Waals surface area contributed by atoms with Crippen molar-refractivity contribution in [1.82, 2.24) is 5.32 Å². The van der Waals surface area contributed by atoms with Crippen molar-refractivity contribution in [3.8, 4) is 0 Å². The predicted molar refractivity (Wildman–Crippen MR) is 83.8 cm³/mol. The van der Waals surface area contributed by atoms with Gasteiger partial charge in [-0.15, -0.1) is 0 Å². The number of hydrogen-bond acceptors (Lipinski definition) is 1. The SMILES string of the molecule is CC(C)Cc1ccc(C(C)C(=O)NC2CCCC2)cc1. The van der Waals surface area contributed by atoms with Crippen molar-refractivity contribution in [1.29, 1.82) is 0 Å². The Morgan fingerprint density at radius 1 is 1.15 bits per heavy atom. The van der Waals surface area contributed by atoms with Crippen LogP contribution in [-0.4, -0.2) is 11.9 Å². The quantitative estimate of drug-likeness (QED) is 0.861. The summed E-state index contributed by atoms with van der Waals surface area (Å²) >= 11 is 0. The fourth-order valence-corrected chi connectivity index (χ4v) is 2.96. The predicted octanol–water partition coefficient (Wildman–Crippen LogP) is 4.05. The van der Waals surface area contributed by atoms with Crippen LogP contribution >= 0.6 is 0 Å². The van der Waals surface area contributed by atoms with Gasteiger partial charge in [0, 0.05) is 6.04 Å². The topological polar surface area (TPSA) is 29.1 Å². The van der Waals surface area contributed by atoms with Crippen molar-refractivity contribution in [3.63, 3.8) is 0 Å². The van der Waals surface area contributed by atoms with Gasteiger partial charge >= 0.3 is 0 Å². The molecule has 1 saturated carbocycles. The van der Waals surface area contributed by atoms with Gasteiger partial charge in [-0.2, -0.15) is 0 Å². The van der Waals surface area contributed by atoms with E-state index in [2.05, 4.69) is 43.4 Å². The average Bonchev–Trinajstić information content (AvgIpc) is 2.91. The first-order valence-corrected chi connectivity index (χ1v) is 7.95. The van der Waals surface area contributed by atoms with Crippen LogP contribution in [-0.2, 0) is 11.2 Å². The third-order valence-electron chi connectivity index (χ3n) is 4.22. The number of carbonyl (C=O) groups excluding carboxylic acids is 1. The monoisotopic (exact) mass is 273 g/mol. The Morgan fingerprint density at radius 3 is 2.30 bits per heavy atom. The van der Waals surface area contributed by atoms with E-state index < -0.39 is 0 Å². The third kappa shape index (κ3) is 4.09. The lowest BCUT2D eigenvalue weighted by Crippen LogP contribution is -2.35. The van der Waals surface area contributed by atoms with Crippen molar-refractivity contribution in [2.45, 2.75) is 64.8 Å². The Balaban J connectivity index is 1.93. The first-order chi connectivity index (χ1) is 9.56. The normalized spacial score (nSPS) is 17.4. The molecule has 0 radical (unpaired) electrons. The molecule has 0 aromatic heterocycles. The minimum absolute atomic E-state index is 0.0521. The van der Waals surface area contributed by atoms with Crippen LogP contribution in [0.5, 0.6) is 0 Å². The van der Waals surface area contributed by atoms with Crippen LogP contribution in [0.4, 0.5) is 0 Å². The highest BCUT2D eigenvalue weighted by Crippen LogP contribution is 2.21. The maximum absolute atomic E-state index is 12.3. The van der Waals surface area contributed by atoms with Crippen molar-refractivity contribution >= 4 is 5.91 Å².